The molecule has 0 spiro atoms. The summed E-state index contributed by atoms with van der Waals surface area (Å²) < 4.78 is 45.7. The average molecular weight is 500 g/mol. The van der Waals surface area contributed by atoms with Crippen molar-refractivity contribution in [3.05, 3.63) is 46.6 Å². The SMILES string of the molecule is FC(F)(F)c1cc(N2CCOCC2)nc(NC(=S)NCC2(c3cccc(Cl)c3)CCCC2)n1. The van der Waals surface area contributed by atoms with Gasteiger partial charge in [-0.2, -0.15) is 18.2 Å². The van der Waals surface area contributed by atoms with Crippen LogP contribution in [-0.2, 0) is 16.3 Å². The summed E-state index contributed by atoms with van der Waals surface area (Å²) in [4.78, 5) is 9.68. The predicted molar refractivity (Wildman–Crippen MR) is 126 cm³/mol. The Morgan fingerprint density at radius 1 is 1.15 bits per heavy atom. The summed E-state index contributed by atoms with van der Waals surface area (Å²) in [7, 11) is 0. The van der Waals surface area contributed by atoms with Crippen LogP contribution in [0.5, 0.6) is 0 Å². The number of thiocarbonyl (C=S) groups is 1. The molecule has 1 aromatic carbocycles. The number of ether oxygens (including phenoxy) is 1. The van der Waals surface area contributed by atoms with Gasteiger partial charge in [0.25, 0.3) is 0 Å². The molecule has 33 heavy (non-hydrogen) atoms. The van der Waals surface area contributed by atoms with Gasteiger partial charge in [0, 0.05) is 36.1 Å². The van der Waals surface area contributed by atoms with Crippen molar-refractivity contribution in [2.45, 2.75) is 37.3 Å². The van der Waals surface area contributed by atoms with E-state index < -0.39 is 11.9 Å². The summed E-state index contributed by atoms with van der Waals surface area (Å²) >= 11 is 11.6. The fourth-order valence-corrected chi connectivity index (χ4v) is 4.78. The first-order valence-electron chi connectivity index (χ1n) is 10.9. The molecule has 0 bridgehead atoms. The quantitative estimate of drug-likeness (QED) is 0.574. The lowest BCUT2D eigenvalue weighted by molar-refractivity contribution is -0.141. The van der Waals surface area contributed by atoms with E-state index in [1.807, 2.05) is 18.2 Å². The molecule has 2 fully saturated rings. The molecule has 0 atom stereocenters. The van der Waals surface area contributed by atoms with Crippen molar-refractivity contribution in [1.29, 1.82) is 0 Å². The summed E-state index contributed by atoms with van der Waals surface area (Å²) in [6.45, 7) is 2.31. The Balaban J connectivity index is 1.49. The Bertz CT molecular complexity index is 994. The van der Waals surface area contributed by atoms with E-state index in [0.717, 1.165) is 37.3 Å². The van der Waals surface area contributed by atoms with Crippen LogP contribution in [0.4, 0.5) is 24.9 Å². The zero-order valence-electron chi connectivity index (χ0n) is 17.9. The standard InChI is InChI=1S/C22H25ClF3N5OS/c23-16-5-3-4-15(12-16)21(6-1-2-7-21)14-27-20(33)30-19-28-17(22(24,25)26)13-18(29-19)31-8-10-32-11-9-31/h3-5,12-13H,1-2,6-11,14H2,(H2,27,28,29,30,33). The molecular weight excluding hydrogens is 475 g/mol. The molecule has 1 aliphatic heterocycles. The Morgan fingerprint density at radius 2 is 1.88 bits per heavy atom. The van der Waals surface area contributed by atoms with E-state index >= 15 is 0 Å². The number of hydrogen-bond acceptors (Lipinski definition) is 5. The van der Waals surface area contributed by atoms with Crippen molar-refractivity contribution in [2.75, 3.05) is 43.1 Å². The second kappa shape index (κ2) is 9.99. The maximum Gasteiger partial charge on any atom is 0.433 e. The van der Waals surface area contributed by atoms with Crippen LogP contribution in [-0.4, -0.2) is 47.9 Å². The maximum absolute atomic E-state index is 13.5. The molecule has 1 saturated heterocycles. The van der Waals surface area contributed by atoms with Crippen molar-refractivity contribution in [2.24, 2.45) is 0 Å². The second-order valence-electron chi connectivity index (χ2n) is 8.34. The third-order valence-corrected chi connectivity index (χ3v) is 6.63. The summed E-state index contributed by atoms with van der Waals surface area (Å²) in [5.41, 5.74) is -0.0206. The second-order valence-corrected chi connectivity index (χ2v) is 9.18. The van der Waals surface area contributed by atoms with Gasteiger partial charge in [0.05, 0.1) is 13.2 Å². The first-order chi connectivity index (χ1) is 15.7. The zero-order valence-corrected chi connectivity index (χ0v) is 19.5. The van der Waals surface area contributed by atoms with Gasteiger partial charge >= 0.3 is 6.18 Å². The molecule has 0 amide bonds. The molecule has 2 N–H and O–H groups in total. The van der Waals surface area contributed by atoms with Crippen LogP contribution in [0.15, 0.2) is 30.3 Å². The lowest BCUT2D eigenvalue weighted by atomic mass is 9.79. The predicted octanol–water partition coefficient (Wildman–Crippen LogP) is 4.78. The van der Waals surface area contributed by atoms with Gasteiger partial charge < -0.3 is 20.3 Å². The number of aromatic nitrogens is 2. The molecule has 6 nitrogen and oxygen atoms in total. The summed E-state index contributed by atoms with van der Waals surface area (Å²) in [5, 5.41) is 6.77. The largest absolute Gasteiger partial charge is 0.433 e. The topological polar surface area (TPSA) is 62.3 Å². The van der Waals surface area contributed by atoms with Crippen molar-refractivity contribution < 1.29 is 17.9 Å². The number of alkyl halides is 3. The lowest BCUT2D eigenvalue weighted by Gasteiger charge is -2.31. The highest BCUT2D eigenvalue weighted by Crippen LogP contribution is 2.41. The molecule has 4 rings (SSSR count). The number of anilines is 2. The van der Waals surface area contributed by atoms with Crippen molar-refractivity contribution in [1.82, 2.24) is 15.3 Å². The van der Waals surface area contributed by atoms with E-state index in [-0.39, 0.29) is 22.3 Å². The zero-order chi connectivity index (χ0) is 23.5. The van der Waals surface area contributed by atoms with Gasteiger partial charge in [0.1, 0.15) is 5.82 Å². The molecule has 2 aromatic rings. The smallest absolute Gasteiger partial charge is 0.378 e. The summed E-state index contributed by atoms with van der Waals surface area (Å²) in [5.74, 6) is 0.00385. The summed E-state index contributed by atoms with van der Waals surface area (Å²) in [6.07, 6.45) is -0.466. The van der Waals surface area contributed by atoms with Gasteiger partial charge in [-0.3, -0.25) is 0 Å². The van der Waals surface area contributed by atoms with Crippen LogP contribution in [0.2, 0.25) is 5.02 Å². The molecule has 1 aliphatic carbocycles. The van der Waals surface area contributed by atoms with E-state index in [9.17, 15) is 13.2 Å². The minimum Gasteiger partial charge on any atom is -0.378 e. The molecule has 11 heteroatoms. The van der Waals surface area contributed by atoms with Crippen LogP contribution in [0.3, 0.4) is 0 Å². The van der Waals surface area contributed by atoms with Crippen LogP contribution >= 0.6 is 23.8 Å². The Labute approximate surface area is 200 Å². The Kier molecular flexibility index (Phi) is 7.25. The van der Waals surface area contributed by atoms with Gasteiger partial charge in [-0.15, -0.1) is 0 Å². The molecule has 0 unspecified atom stereocenters. The first kappa shape index (κ1) is 24.0. The van der Waals surface area contributed by atoms with E-state index in [2.05, 4.69) is 26.7 Å². The number of benzene rings is 1. The third-order valence-electron chi connectivity index (χ3n) is 6.15. The van der Waals surface area contributed by atoms with E-state index in [1.54, 1.807) is 4.90 Å². The van der Waals surface area contributed by atoms with Gasteiger partial charge in [0.2, 0.25) is 5.95 Å². The number of nitrogens with zero attached hydrogens (tertiary/aromatic N) is 3. The minimum atomic E-state index is -4.60. The van der Waals surface area contributed by atoms with Crippen LogP contribution < -0.4 is 15.5 Å². The fourth-order valence-electron chi connectivity index (χ4n) is 4.42. The fraction of sp³-hybridized carbons (Fsp3) is 0.500. The van der Waals surface area contributed by atoms with E-state index in [4.69, 9.17) is 28.6 Å². The van der Waals surface area contributed by atoms with Gasteiger partial charge in [-0.05, 0) is 42.8 Å². The normalized spacial score (nSPS) is 18.2. The molecule has 1 saturated carbocycles. The number of nitrogens with one attached hydrogen (secondary N) is 2. The van der Waals surface area contributed by atoms with Crippen LogP contribution in [0, 0.1) is 0 Å². The molecule has 1 aromatic heterocycles. The molecular formula is C22H25ClF3N5OS. The Hall–Kier alpha value is -2.17. The Morgan fingerprint density at radius 3 is 2.55 bits per heavy atom. The van der Waals surface area contributed by atoms with E-state index in [1.165, 1.54) is 0 Å². The van der Waals surface area contributed by atoms with Crippen molar-refractivity contribution in [3.63, 3.8) is 0 Å². The van der Waals surface area contributed by atoms with Crippen LogP contribution in [0.1, 0.15) is 36.9 Å². The highest BCUT2D eigenvalue weighted by atomic mass is 35.5. The van der Waals surface area contributed by atoms with E-state index in [0.29, 0.717) is 37.9 Å². The first-order valence-corrected chi connectivity index (χ1v) is 11.6. The van der Waals surface area contributed by atoms with Gasteiger partial charge in [-0.25, -0.2) is 4.98 Å². The van der Waals surface area contributed by atoms with Gasteiger partial charge in [-0.1, -0.05) is 36.6 Å². The molecule has 2 aliphatic rings. The van der Waals surface area contributed by atoms with Crippen molar-refractivity contribution in [3.8, 4) is 0 Å². The molecule has 2 heterocycles. The lowest BCUT2D eigenvalue weighted by Crippen LogP contribution is -2.41. The highest BCUT2D eigenvalue weighted by molar-refractivity contribution is 7.80. The number of hydrogen-bond donors (Lipinski definition) is 2. The highest BCUT2D eigenvalue weighted by Gasteiger charge is 2.36. The average Bonchev–Trinajstić information content (AvgIpc) is 3.28. The number of rotatable bonds is 5. The monoisotopic (exact) mass is 499 g/mol. The summed E-state index contributed by atoms with van der Waals surface area (Å²) in [6, 6.07) is 8.75. The maximum atomic E-state index is 13.5. The van der Waals surface area contributed by atoms with Crippen molar-refractivity contribution >= 4 is 40.7 Å². The van der Waals surface area contributed by atoms with Crippen LogP contribution in [0.25, 0.3) is 0 Å². The number of halogens is 4. The molecule has 0 radical (unpaired) electrons. The third kappa shape index (κ3) is 5.85. The van der Waals surface area contributed by atoms with Gasteiger partial charge in [0.15, 0.2) is 10.8 Å². The molecule has 178 valence electrons. The minimum absolute atomic E-state index is 0.135. The number of morpholine rings is 1.